The molecule has 4 N–H and O–H groups in total. The zero-order valence-electron chi connectivity index (χ0n) is 8.70. The molecule has 90 valence electrons. The summed E-state index contributed by atoms with van der Waals surface area (Å²) in [5.41, 5.74) is 23.2. The first-order chi connectivity index (χ1) is 6.27. The summed E-state index contributed by atoms with van der Waals surface area (Å²) in [6, 6.07) is -1.33. The van der Waals surface area contributed by atoms with Crippen molar-refractivity contribution >= 4 is 18.2 Å². The summed E-state index contributed by atoms with van der Waals surface area (Å²) in [4.78, 5) is 27.3. The molecule has 0 fully saturated rings. The SMILES string of the molecule is COC([NH-])=O.COC([NH-])=O.[NH-]C([NH-])=O.[Y].[Y]. The molecule has 0 aromatic carbocycles. The molecule has 9 nitrogen and oxygen atoms in total. The maximum Gasteiger partial charge on any atom is 0.226 e. The molecule has 0 unspecified atom stereocenters. The van der Waals surface area contributed by atoms with Gasteiger partial charge in [-0.05, 0) is 6.03 Å². The van der Waals surface area contributed by atoms with Gasteiger partial charge in [0.15, 0.2) is 0 Å². The Labute approximate surface area is 143 Å². The number of urea groups is 1. The maximum absolute atomic E-state index is 9.26. The fraction of sp³-hybridized carbons (Fsp3) is 0.400. The Balaban J connectivity index is -0.0000000358. The van der Waals surface area contributed by atoms with Crippen molar-refractivity contribution in [1.82, 2.24) is 0 Å². The van der Waals surface area contributed by atoms with Gasteiger partial charge in [-0.3, -0.25) is 9.59 Å². The van der Waals surface area contributed by atoms with Gasteiger partial charge in [-0.25, -0.2) is 0 Å². The Bertz CT molecular complexity index is 174. The van der Waals surface area contributed by atoms with Gasteiger partial charge >= 0.3 is 0 Å². The third kappa shape index (κ3) is 147. The summed E-state index contributed by atoms with van der Waals surface area (Å²) >= 11 is 0. The van der Waals surface area contributed by atoms with Crippen LogP contribution in [0.5, 0.6) is 0 Å². The molecule has 0 bridgehead atoms. The molecule has 0 heterocycles. The molecule has 11 heteroatoms. The van der Waals surface area contributed by atoms with Gasteiger partial charge < -0.3 is 37.2 Å². The average molecular weight is 384 g/mol. The van der Waals surface area contributed by atoms with Gasteiger partial charge in [0.05, 0.1) is 14.2 Å². The van der Waals surface area contributed by atoms with Crippen molar-refractivity contribution < 1.29 is 89.3 Å². The largest absolute Gasteiger partial charge is 0.684 e. The van der Waals surface area contributed by atoms with Crippen LogP contribution in [0, 0.1) is 0 Å². The third-order valence-corrected chi connectivity index (χ3v) is 0.371. The molecule has 0 aliphatic carbocycles. The van der Waals surface area contributed by atoms with Gasteiger partial charge in [0.25, 0.3) is 0 Å². The summed E-state index contributed by atoms with van der Waals surface area (Å²) in [5, 5.41) is 0. The van der Waals surface area contributed by atoms with Crippen LogP contribution in [0.4, 0.5) is 14.4 Å². The van der Waals surface area contributed by atoms with E-state index < -0.39 is 18.2 Å². The second-order valence-electron chi connectivity index (χ2n) is 1.31. The zero-order chi connectivity index (χ0) is 12.1. The number of carbonyl (C=O) groups is 3. The molecular weight excluding hydrogens is 374 g/mol. The van der Waals surface area contributed by atoms with Crippen LogP contribution in [0.25, 0.3) is 22.9 Å². The number of ether oxygens (including phenoxy) is 2. The first-order valence-electron chi connectivity index (χ1n) is 2.84. The smallest absolute Gasteiger partial charge is 0.226 e. The van der Waals surface area contributed by atoms with E-state index in [-0.39, 0.29) is 65.4 Å². The summed E-state index contributed by atoms with van der Waals surface area (Å²) in [6.07, 6.45) is -1.99. The summed E-state index contributed by atoms with van der Waals surface area (Å²) in [6.45, 7) is 0. The summed E-state index contributed by atoms with van der Waals surface area (Å²) in [5.74, 6) is 0. The van der Waals surface area contributed by atoms with Crippen molar-refractivity contribution in [2.24, 2.45) is 0 Å². The molecule has 4 amide bonds. The molecule has 2 radical (unpaired) electrons. The van der Waals surface area contributed by atoms with Gasteiger partial charge in [-0.15, -0.1) is 0 Å². The molecule has 0 saturated carbocycles. The molecule has 0 spiro atoms. The fourth-order valence-corrected chi connectivity index (χ4v) is 0. The number of methoxy groups -OCH3 is 2. The average Bonchev–Trinajstić information content (AvgIpc) is 2.04. The predicted molar refractivity (Wildman–Crippen MR) is 47.5 cm³/mol. The minimum Gasteiger partial charge on any atom is -0.684 e. The van der Waals surface area contributed by atoms with Crippen molar-refractivity contribution in [3.63, 3.8) is 0 Å². The van der Waals surface area contributed by atoms with Crippen LogP contribution in [0.3, 0.4) is 0 Å². The van der Waals surface area contributed by atoms with Gasteiger partial charge in [0.1, 0.15) is 0 Å². The van der Waals surface area contributed by atoms with E-state index in [0.29, 0.717) is 0 Å². The number of carbonyl (C=O) groups excluding carboxylic acids is 3. The van der Waals surface area contributed by atoms with Gasteiger partial charge in [0, 0.05) is 65.4 Å². The van der Waals surface area contributed by atoms with E-state index in [0.717, 1.165) is 14.2 Å². The minimum absolute atomic E-state index is 0. The zero-order valence-corrected chi connectivity index (χ0v) is 14.4. The first kappa shape index (κ1) is 29.8. The van der Waals surface area contributed by atoms with Gasteiger partial charge in [-0.1, -0.05) is 0 Å². The predicted octanol–water partition coefficient (Wildman–Crippen LogP) is 2.82. The van der Waals surface area contributed by atoms with E-state index in [1.54, 1.807) is 0 Å². The van der Waals surface area contributed by atoms with Crippen LogP contribution in [0.2, 0.25) is 0 Å². The quantitative estimate of drug-likeness (QED) is 0.625. The molecule has 16 heavy (non-hydrogen) atoms. The normalized spacial score (nSPS) is 5.62. The summed E-state index contributed by atoms with van der Waals surface area (Å²) < 4.78 is 7.56. The molecule has 0 aliphatic heterocycles. The Kier molecular flexibility index (Phi) is 45.2. The Hall–Kier alpha value is 0.0178. The van der Waals surface area contributed by atoms with E-state index in [1.807, 2.05) is 0 Å². The van der Waals surface area contributed by atoms with Crippen molar-refractivity contribution in [2.75, 3.05) is 14.2 Å². The van der Waals surface area contributed by atoms with Crippen molar-refractivity contribution in [2.45, 2.75) is 0 Å². The number of nitrogens with one attached hydrogen (secondary N) is 4. The van der Waals surface area contributed by atoms with Crippen molar-refractivity contribution in [3.05, 3.63) is 22.9 Å². The van der Waals surface area contributed by atoms with Crippen LogP contribution in [0.1, 0.15) is 0 Å². The second kappa shape index (κ2) is 24.3. The van der Waals surface area contributed by atoms with E-state index in [9.17, 15) is 9.59 Å². The molecule has 0 rings (SSSR count). The standard InChI is InChI=1S/2C2H5NO2.CH3N2O.2Y/c2*1-5-2(3)4;2-1(3)4;;/h2*1H3,(H2,3,4);(H3-,2,3,4);;/q;;-1;;/p-3. The van der Waals surface area contributed by atoms with Crippen molar-refractivity contribution in [3.8, 4) is 0 Å². The maximum atomic E-state index is 9.26. The van der Waals surface area contributed by atoms with Crippen LogP contribution < -0.4 is 0 Å². The molecule has 0 aliphatic rings. The molecule has 0 aromatic rings. The van der Waals surface area contributed by atoms with E-state index in [2.05, 4.69) is 9.47 Å². The van der Waals surface area contributed by atoms with Crippen LogP contribution in [-0.4, -0.2) is 32.4 Å². The number of hydrogen-bond acceptors (Lipinski definition) is 5. The van der Waals surface area contributed by atoms with E-state index in [4.69, 9.17) is 27.7 Å². The van der Waals surface area contributed by atoms with Crippen LogP contribution in [-0.2, 0) is 74.9 Å². The summed E-state index contributed by atoms with van der Waals surface area (Å²) in [7, 11) is 2.32. The second-order valence-corrected chi connectivity index (χ2v) is 1.31. The Morgan fingerprint density at radius 1 is 0.750 bits per heavy atom. The van der Waals surface area contributed by atoms with Crippen LogP contribution >= 0.6 is 0 Å². The number of hydrogen-bond donors (Lipinski definition) is 0. The molecule has 0 aromatic heterocycles. The number of amides is 4. The Morgan fingerprint density at radius 3 is 0.812 bits per heavy atom. The van der Waals surface area contributed by atoms with Crippen molar-refractivity contribution in [1.29, 1.82) is 0 Å². The minimum atomic E-state index is -1.33. The number of rotatable bonds is 0. The van der Waals surface area contributed by atoms with E-state index >= 15 is 0 Å². The van der Waals surface area contributed by atoms with Gasteiger partial charge in [0.2, 0.25) is 12.2 Å². The topological polar surface area (TPSA) is 165 Å². The fourth-order valence-electron chi connectivity index (χ4n) is 0. The third-order valence-electron chi connectivity index (χ3n) is 0.371. The first-order valence-corrected chi connectivity index (χ1v) is 2.84. The van der Waals surface area contributed by atoms with Crippen LogP contribution in [0.15, 0.2) is 0 Å². The Morgan fingerprint density at radius 2 is 0.812 bits per heavy atom. The molecular formula is C5H10N4O5Y2-4. The monoisotopic (exact) mass is 384 g/mol. The van der Waals surface area contributed by atoms with E-state index in [1.165, 1.54) is 0 Å². The van der Waals surface area contributed by atoms with Gasteiger partial charge in [-0.2, -0.15) is 0 Å². The molecule has 0 saturated heterocycles. The molecule has 0 atom stereocenters.